The van der Waals surface area contributed by atoms with Crippen LogP contribution in [0, 0.1) is 12.7 Å². The summed E-state index contributed by atoms with van der Waals surface area (Å²) in [6.45, 7) is 1.73. The van der Waals surface area contributed by atoms with Crippen molar-refractivity contribution in [2.45, 2.75) is 18.5 Å². The number of carbonyl (C=O) groups excluding carboxylic acids is 1. The van der Waals surface area contributed by atoms with Crippen molar-refractivity contribution >= 4 is 23.5 Å². The Hall–Kier alpha value is -2.88. The van der Waals surface area contributed by atoms with Gasteiger partial charge in [-0.3, -0.25) is 4.79 Å². The molecule has 3 N–H and O–H groups in total. The van der Waals surface area contributed by atoms with Crippen LogP contribution in [0.2, 0.25) is 0 Å². The first-order valence-corrected chi connectivity index (χ1v) is 8.30. The minimum absolute atomic E-state index is 0.0704. The first kappa shape index (κ1) is 17.0. The highest BCUT2D eigenvalue weighted by molar-refractivity contribution is 7.99. The summed E-state index contributed by atoms with van der Waals surface area (Å²) in [6, 6.07) is 7.99. The predicted octanol–water partition coefficient (Wildman–Crippen LogP) is 1.75. The van der Waals surface area contributed by atoms with E-state index in [1.807, 2.05) is 0 Å². The predicted molar refractivity (Wildman–Crippen MR) is 90.0 cm³/mol. The van der Waals surface area contributed by atoms with Gasteiger partial charge in [0.25, 0.3) is 0 Å². The summed E-state index contributed by atoms with van der Waals surface area (Å²) < 4.78 is 19.8. The van der Waals surface area contributed by atoms with Gasteiger partial charge >= 0.3 is 0 Å². The lowest BCUT2D eigenvalue weighted by Crippen LogP contribution is -2.17. The summed E-state index contributed by atoms with van der Waals surface area (Å²) in [5.41, 5.74) is 0.470. The number of aromatic nitrogens is 4. The highest BCUT2D eigenvalue weighted by Crippen LogP contribution is 2.18. The molecule has 0 fully saturated rings. The zero-order chi connectivity index (χ0) is 17.8. The average molecular weight is 362 g/mol. The molecule has 0 aliphatic carbocycles. The molecule has 1 amide bonds. The largest absolute Gasteiger partial charge is 0.360 e. The summed E-state index contributed by atoms with van der Waals surface area (Å²) in [5.74, 6) is 6.74. The van der Waals surface area contributed by atoms with Gasteiger partial charge in [0, 0.05) is 12.5 Å². The van der Waals surface area contributed by atoms with Crippen molar-refractivity contribution in [2.75, 3.05) is 16.9 Å². The molecule has 0 saturated carbocycles. The lowest BCUT2D eigenvalue weighted by atomic mass is 10.1. The van der Waals surface area contributed by atoms with E-state index in [0.717, 1.165) is 11.8 Å². The Morgan fingerprint density at radius 1 is 1.40 bits per heavy atom. The van der Waals surface area contributed by atoms with E-state index in [0.29, 0.717) is 28.1 Å². The van der Waals surface area contributed by atoms with Crippen LogP contribution < -0.4 is 11.2 Å². The number of halogens is 1. The summed E-state index contributed by atoms with van der Waals surface area (Å²) in [6.07, 6.45) is 0.209. The van der Waals surface area contributed by atoms with Gasteiger partial charge in [-0.15, -0.1) is 10.2 Å². The molecular formula is C15H15FN6O2S. The molecule has 8 nitrogen and oxygen atoms in total. The van der Waals surface area contributed by atoms with Gasteiger partial charge in [0.2, 0.25) is 11.1 Å². The number of rotatable bonds is 6. The summed E-state index contributed by atoms with van der Waals surface area (Å²) in [7, 11) is 0. The quantitative estimate of drug-likeness (QED) is 0.507. The maximum absolute atomic E-state index is 13.7. The number of amides is 1. The molecule has 0 unspecified atom stereocenters. The summed E-state index contributed by atoms with van der Waals surface area (Å²) in [4.78, 5) is 11.9. The molecule has 25 heavy (non-hydrogen) atoms. The highest BCUT2D eigenvalue weighted by Gasteiger charge is 2.14. The van der Waals surface area contributed by atoms with Crippen molar-refractivity contribution in [1.82, 2.24) is 20.0 Å². The standard InChI is InChI=1S/C15H15FN6O2S/c1-9-6-12(21-24-9)18-14(23)8-25-15-20-19-13(22(15)17)7-10-4-2-3-5-11(10)16/h2-6H,7-8,17H2,1H3,(H,18,21,23). The molecule has 0 spiro atoms. The normalized spacial score (nSPS) is 10.8. The third-order valence-corrected chi connectivity index (χ3v) is 4.21. The van der Waals surface area contributed by atoms with Crippen molar-refractivity contribution in [3.05, 3.63) is 53.3 Å². The second-order valence-electron chi connectivity index (χ2n) is 5.20. The number of nitrogen functional groups attached to an aromatic ring is 1. The van der Waals surface area contributed by atoms with Gasteiger partial charge in [-0.2, -0.15) is 0 Å². The molecule has 130 valence electrons. The highest BCUT2D eigenvalue weighted by atomic mass is 32.2. The van der Waals surface area contributed by atoms with Crippen LogP contribution in [-0.2, 0) is 11.2 Å². The van der Waals surface area contributed by atoms with Crippen LogP contribution in [0.15, 0.2) is 40.0 Å². The minimum atomic E-state index is -0.331. The fraction of sp³-hybridized carbons (Fsp3) is 0.200. The minimum Gasteiger partial charge on any atom is -0.360 e. The van der Waals surface area contributed by atoms with Crippen molar-refractivity contribution in [3.8, 4) is 0 Å². The number of anilines is 1. The van der Waals surface area contributed by atoms with Gasteiger partial charge in [0.15, 0.2) is 11.6 Å². The number of nitrogens with one attached hydrogen (secondary N) is 1. The van der Waals surface area contributed by atoms with Crippen LogP contribution >= 0.6 is 11.8 Å². The second kappa shape index (κ2) is 7.34. The molecule has 0 bridgehead atoms. The van der Waals surface area contributed by atoms with E-state index in [1.54, 1.807) is 31.2 Å². The average Bonchev–Trinajstić information content (AvgIpc) is 3.14. The summed E-state index contributed by atoms with van der Waals surface area (Å²) in [5, 5.41) is 14.5. The molecule has 2 heterocycles. The van der Waals surface area contributed by atoms with Crippen LogP contribution in [0.1, 0.15) is 17.1 Å². The Kier molecular flexibility index (Phi) is 4.98. The van der Waals surface area contributed by atoms with Crippen molar-refractivity contribution in [2.24, 2.45) is 0 Å². The van der Waals surface area contributed by atoms with E-state index in [1.165, 1.54) is 10.7 Å². The lowest BCUT2D eigenvalue weighted by Gasteiger charge is -2.04. The van der Waals surface area contributed by atoms with Crippen molar-refractivity contribution in [1.29, 1.82) is 0 Å². The molecule has 10 heteroatoms. The molecule has 1 aromatic carbocycles. The van der Waals surface area contributed by atoms with E-state index in [4.69, 9.17) is 10.4 Å². The molecule has 0 aliphatic rings. The smallest absolute Gasteiger partial charge is 0.236 e. The first-order valence-electron chi connectivity index (χ1n) is 7.31. The van der Waals surface area contributed by atoms with Gasteiger partial charge in [-0.25, -0.2) is 9.07 Å². The number of carbonyl (C=O) groups is 1. The SMILES string of the molecule is Cc1cc(NC(=O)CSc2nnc(Cc3ccccc3F)n2N)no1. The van der Waals surface area contributed by atoms with E-state index in [-0.39, 0.29) is 23.9 Å². The van der Waals surface area contributed by atoms with Crippen molar-refractivity contribution < 1.29 is 13.7 Å². The zero-order valence-corrected chi connectivity index (χ0v) is 14.1. The molecule has 3 aromatic rings. The molecule has 0 radical (unpaired) electrons. The van der Waals surface area contributed by atoms with E-state index in [2.05, 4.69) is 20.7 Å². The second-order valence-corrected chi connectivity index (χ2v) is 6.14. The number of benzene rings is 1. The van der Waals surface area contributed by atoms with Crippen LogP contribution in [0.4, 0.5) is 10.2 Å². The molecule has 3 rings (SSSR count). The van der Waals surface area contributed by atoms with E-state index in [9.17, 15) is 9.18 Å². The van der Waals surface area contributed by atoms with Crippen LogP contribution in [0.3, 0.4) is 0 Å². The Bertz CT molecular complexity index is 894. The Labute approximate surface area is 146 Å². The van der Waals surface area contributed by atoms with Crippen LogP contribution in [0.5, 0.6) is 0 Å². The topological polar surface area (TPSA) is 112 Å². The fourth-order valence-electron chi connectivity index (χ4n) is 2.07. The molecule has 2 aromatic heterocycles. The monoisotopic (exact) mass is 362 g/mol. The van der Waals surface area contributed by atoms with Crippen LogP contribution in [-0.4, -0.2) is 31.7 Å². The third-order valence-electron chi connectivity index (χ3n) is 3.27. The van der Waals surface area contributed by atoms with Gasteiger partial charge in [0.1, 0.15) is 11.6 Å². The number of hydrogen-bond acceptors (Lipinski definition) is 7. The Morgan fingerprint density at radius 3 is 2.92 bits per heavy atom. The van der Waals surface area contributed by atoms with E-state index < -0.39 is 0 Å². The Morgan fingerprint density at radius 2 is 2.20 bits per heavy atom. The molecule has 0 atom stereocenters. The van der Waals surface area contributed by atoms with Gasteiger partial charge in [-0.05, 0) is 18.6 Å². The summed E-state index contributed by atoms with van der Waals surface area (Å²) >= 11 is 1.12. The molecule has 0 saturated heterocycles. The number of hydrogen-bond donors (Lipinski definition) is 2. The molecule has 0 aliphatic heterocycles. The van der Waals surface area contributed by atoms with Gasteiger partial charge < -0.3 is 15.7 Å². The number of nitrogens with zero attached hydrogens (tertiary/aromatic N) is 4. The third kappa shape index (κ3) is 4.15. The maximum atomic E-state index is 13.7. The van der Waals surface area contributed by atoms with Crippen molar-refractivity contribution in [3.63, 3.8) is 0 Å². The number of thioether (sulfide) groups is 1. The maximum Gasteiger partial charge on any atom is 0.236 e. The lowest BCUT2D eigenvalue weighted by molar-refractivity contribution is -0.113. The van der Waals surface area contributed by atoms with Gasteiger partial charge in [0.05, 0.1) is 5.75 Å². The fourth-order valence-corrected chi connectivity index (χ4v) is 2.75. The zero-order valence-electron chi connectivity index (χ0n) is 13.3. The van der Waals surface area contributed by atoms with Gasteiger partial charge in [-0.1, -0.05) is 35.1 Å². The molecular weight excluding hydrogens is 347 g/mol. The Balaban J connectivity index is 1.59. The number of nitrogens with two attached hydrogens (primary N) is 1. The van der Waals surface area contributed by atoms with E-state index >= 15 is 0 Å². The number of aryl methyl sites for hydroxylation is 1. The van der Waals surface area contributed by atoms with Crippen LogP contribution in [0.25, 0.3) is 0 Å². The first-order chi connectivity index (χ1) is 12.0.